The first-order valence-electron chi connectivity index (χ1n) is 5.08. The van der Waals surface area contributed by atoms with E-state index in [4.69, 9.17) is 5.73 Å². The SMILES string of the molecule is N[C@H]1CCN(C(=O)c2ccc(F)cc2F)C1. The van der Waals surface area contributed by atoms with Gasteiger partial charge in [-0.15, -0.1) is 0 Å². The summed E-state index contributed by atoms with van der Waals surface area (Å²) in [4.78, 5) is 13.3. The van der Waals surface area contributed by atoms with Crippen molar-refractivity contribution < 1.29 is 13.6 Å². The summed E-state index contributed by atoms with van der Waals surface area (Å²) in [5.74, 6) is -1.94. The van der Waals surface area contributed by atoms with Gasteiger partial charge in [-0.2, -0.15) is 0 Å². The number of nitrogens with zero attached hydrogens (tertiary/aromatic N) is 1. The number of benzene rings is 1. The molecule has 2 N–H and O–H groups in total. The molecule has 1 aliphatic heterocycles. The van der Waals surface area contributed by atoms with Crippen molar-refractivity contribution in [2.45, 2.75) is 12.5 Å². The van der Waals surface area contributed by atoms with Crippen molar-refractivity contribution in [2.24, 2.45) is 5.73 Å². The van der Waals surface area contributed by atoms with E-state index >= 15 is 0 Å². The molecule has 0 spiro atoms. The van der Waals surface area contributed by atoms with Crippen LogP contribution in [0.5, 0.6) is 0 Å². The van der Waals surface area contributed by atoms with E-state index in [1.807, 2.05) is 0 Å². The van der Waals surface area contributed by atoms with Crippen molar-refractivity contribution in [2.75, 3.05) is 13.1 Å². The molecule has 1 fully saturated rings. The third-order valence-electron chi connectivity index (χ3n) is 2.67. The highest BCUT2D eigenvalue weighted by Crippen LogP contribution is 2.15. The van der Waals surface area contributed by atoms with Gasteiger partial charge in [0.25, 0.3) is 5.91 Å². The van der Waals surface area contributed by atoms with Crippen LogP contribution in [0, 0.1) is 11.6 Å². The molecule has 0 radical (unpaired) electrons. The second kappa shape index (κ2) is 4.17. The highest BCUT2D eigenvalue weighted by atomic mass is 19.1. The molecule has 1 heterocycles. The van der Waals surface area contributed by atoms with Crippen LogP contribution >= 0.6 is 0 Å². The van der Waals surface area contributed by atoms with Gasteiger partial charge in [0.2, 0.25) is 0 Å². The second-order valence-electron chi connectivity index (χ2n) is 3.92. The fraction of sp³-hybridized carbons (Fsp3) is 0.364. The lowest BCUT2D eigenvalue weighted by molar-refractivity contribution is 0.0786. The minimum absolute atomic E-state index is 0.0486. The standard InChI is InChI=1S/C11H12F2N2O/c12-7-1-2-9(10(13)5-7)11(16)15-4-3-8(14)6-15/h1-2,5,8H,3-4,6,14H2/t8-/m0/s1. The Bertz CT molecular complexity index is 422. The van der Waals surface area contributed by atoms with Crippen LogP contribution in [0.15, 0.2) is 18.2 Å². The van der Waals surface area contributed by atoms with E-state index < -0.39 is 17.5 Å². The average Bonchev–Trinajstić information content (AvgIpc) is 2.64. The molecule has 0 aromatic heterocycles. The lowest BCUT2D eigenvalue weighted by Gasteiger charge is -2.15. The maximum atomic E-state index is 13.3. The lowest BCUT2D eigenvalue weighted by atomic mass is 10.2. The van der Waals surface area contributed by atoms with E-state index in [9.17, 15) is 13.6 Å². The number of amides is 1. The molecule has 0 bridgehead atoms. The normalized spacial score (nSPS) is 20.2. The summed E-state index contributed by atoms with van der Waals surface area (Å²) < 4.78 is 26.0. The highest BCUT2D eigenvalue weighted by molar-refractivity contribution is 5.94. The maximum absolute atomic E-state index is 13.3. The van der Waals surface area contributed by atoms with Gasteiger partial charge in [0.15, 0.2) is 0 Å². The minimum atomic E-state index is -0.828. The minimum Gasteiger partial charge on any atom is -0.337 e. The molecule has 0 saturated carbocycles. The van der Waals surface area contributed by atoms with Crippen LogP contribution in [0.4, 0.5) is 8.78 Å². The van der Waals surface area contributed by atoms with E-state index in [1.54, 1.807) is 0 Å². The number of hydrogen-bond donors (Lipinski definition) is 1. The Balaban J connectivity index is 2.21. The van der Waals surface area contributed by atoms with Crippen LogP contribution < -0.4 is 5.73 Å². The van der Waals surface area contributed by atoms with Crippen LogP contribution in [0.25, 0.3) is 0 Å². The average molecular weight is 226 g/mol. The van der Waals surface area contributed by atoms with Gasteiger partial charge in [-0.1, -0.05) is 0 Å². The molecule has 0 unspecified atom stereocenters. The zero-order valence-electron chi connectivity index (χ0n) is 8.62. The first-order chi connectivity index (χ1) is 7.58. The smallest absolute Gasteiger partial charge is 0.256 e. The number of rotatable bonds is 1. The number of hydrogen-bond acceptors (Lipinski definition) is 2. The topological polar surface area (TPSA) is 46.3 Å². The van der Waals surface area contributed by atoms with E-state index in [1.165, 1.54) is 4.90 Å². The zero-order chi connectivity index (χ0) is 11.7. The van der Waals surface area contributed by atoms with Gasteiger partial charge in [0.1, 0.15) is 11.6 Å². The van der Waals surface area contributed by atoms with Crippen molar-refractivity contribution in [1.82, 2.24) is 4.90 Å². The first kappa shape index (κ1) is 11.0. The molecule has 16 heavy (non-hydrogen) atoms. The Hall–Kier alpha value is -1.49. The summed E-state index contributed by atoms with van der Waals surface area (Å²) in [7, 11) is 0. The molecular formula is C11H12F2N2O. The van der Waals surface area contributed by atoms with Crippen LogP contribution in [0.1, 0.15) is 16.8 Å². The maximum Gasteiger partial charge on any atom is 0.256 e. The van der Waals surface area contributed by atoms with Crippen molar-refractivity contribution in [3.63, 3.8) is 0 Å². The fourth-order valence-corrected chi connectivity index (χ4v) is 1.81. The number of carbonyl (C=O) groups is 1. The molecule has 1 saturated heterocycles. The summed E-state index contributed by atoms with van der Waals surface area (Å²) in [6, 6.07) is 2.90. The monoisotopic (exact) mass is 226 g/mol. The Morgan fingerprint density at radius 2 is 2.19 bits per heavy atom. The van der Waals surface area contributed by atoms with Crippen LogP contribution in [0.2, 0.25) is 0 Å². The third kappa shape index (κ3) is 2.04. The van der Waals surface area contributed by atoms with Gasteiger partial charge >= 0.3 is 0 Å². The van der Waals surface area contributed by atoms with Crippen molar-refractivity contribution in [3.05, 3.63) is 35.4 Å². The van der Waals surface area contributed by atoms with Gasteiger partial charge in [0, 0.05) is 25.2 Å². The third-order valence-corrected chi connectivity index (χ3v) is 2.67. The van der Waals surface area contributed by atoms with E-state index in [0.717, 1.165) is 12.1 Å². The summed E-state index contributed by atoms with van der Waals surface area (Å²) >= 11 is 0. The Kier molecular flexibility index (Phi) is 2.87. The quantitative estimate of drug-likeness (QED) is 0.780. The Morgan fingerprint density at radius 3 is 2.75 bits per heavy atom. The summed E-state index contributed by atoms with van der Waals surface area (Å²) in [6.07, 6.45) is 0.717. The fourth-order valence-electron chi connectivity index (χ4n) is 1.81. The van der Waals surface area contributed by atoms with Crippen LogP contribution in [-0.4, -0.2) is 29.9 Å². The summed E-state index contributed by atoms with van der Waals surface area (Å²) in [5, 5.41) is 0. The van der Waals surface area contributed by atoms with Gasteiger partial charge in [-0.05, 0) is 18.6 Å². The zero-order valence-corrected chi connectivity index (χ0v) is 8.62. The molecule has 5 heteroatoms. The molecule has 1 amide bonds. The number of likely N-dealkylation sites (tertiary alicyclic amines) is 1. The van der Waals surface area contributed by atoms with Crippen LogP contribution in [0.3, 0.4) is 0 Å². The van der Waals surface area contributed by atoms with E-state index in [0.29, 0.717) is 25.6 Å². The Morgan fingerprint density at radius 1 is 1.44 bits per heavy atom. The van der Waals surface area contributed by atoms with Crippen molar-refractivity contribution in [1.29, 1.82) is 0 Å². The second-order valence-corrected chi connectivity index (χ2v) is 3.92. The van der Waals surface area contributed by atoms with Gasteiger partial charge in [0.05, 0.1) is 5.56 Å². The van der Waals surface area contributed by atoms with Crippen molar-refractivity contribution >= 4 is 5.91 Å². The number of carbonyl (C=O) groups excluding carboxylic acids is 1. The molecule has 3 nitrogen and oxygen atoms in total. The molecule has 1 aromatic rings. The van der Waals surface area contributed by atoms with Gasteiger partial charge in [-0.3, -0.25) is 4.79 Å². The summed E-state index contributed by atoms with van der Waals surface area (Å²) in [5.41, 5.74) is 5.55. The largest absolute Gasteiger partial charge is 0.337 e. The molecular weight excluding hydrogens is 214 g/mol. The molecule has 2 rings (SSSR count). The predicted octanol–water partition coefficient (Wildman–Crippen LogP) is 1.14. The van der Waals surface area contributed by atoms with Gasteiger partial charge in [-0.25, -0.2) is 8.78 Å². The highest BCUT2D eigenvalue weighted by Gasteiger charge is 2.26. The molecule has 0 aliphatic carbocycles. The van der Waals surface area contributed by atoms with Gasteiger partial charge < -0.3 is 10.6 Å². The first-order valence-corrected chi connectivity index (χ1v) is 5.08. The van der Waals surface area contributed by atoms with Crippen molar-refractivity contribution in [3.8, 4) is 0 Å². The molecule has 86 valence electrons. The molecule has 1 aromatic carbocycles. The van der Waals surface area contributed by atoms with Crippen LogP contribution in [-0.2, 0) is 0 Å². The molecule has 1 aliphatic rings. The van der Waals surface area contributed by atoms with E-state index in [-0.39, 0.29) is 11.6 Å². The number of nitrogens with two attached hydrogens (primary N) is 1. The summed E-state index contributed by atoms with van der Waals surface area (Å²) in [6.45, 7) is 0.951. The number of halogens is 2. The lowest BCUT2D eigenvalue weighted by Crippen LogP contribution is -2.32. The van der Waals surface area contributed by atoms with E-state index in [2.05, 4.69) is 0 Å². The Labute approximate surface area is 91.8 Å². The molecule has 1 atom stereocenters. The predicted molar refractivity (Wildman–Crippen MR) is 54.9 cm³/mol.